The highest BCUT2D eigenvalue weighted by molar-refractivity contribution is 6.23. The minimum atomic E-state index is -0.632. The maximum absolute atomic E-state index is 5.46. The number of benzene rings is 6. The lowest BCUT2D eigenvalue weighted by molar-refractivity contribution is 0.635. The van der Waals surface area contributed by atoms with E-state index in [2.05, 4.69) is 175 Å². The van der Waals surface area contributed by atoms with Crippen LogP contribution in [0.2, 0.25) is 0 Å². The second kappa shape index (κ2) is 9.05. The first-order valence-electron chi connectivity index (χ1n) is 15.3. The fourth-order valence-electron chi connectivity index (χ4n) is 7.87. The van der Waals surface area contributed by atoms with Gasteiger partial charge in [0.2, 0.25) is 5.96 Å². The SMILES string of the molecule is CC1(C)c2ccccc2-c2ccc(N3C4=Nc5ccccc5C(c5ccccc5)(c5ccccc5)N4c4ccccc43)cc21. The van der Waals surface area contributed by atoms with E-state index in [0.717, 1.165) is 28.7 Å². The molecule has 0 radical (unpaired) electrons. The van der Waals surface area contributed by atoms with Crippen molar-refractivity contribution in [2.45, 2.75) is 24.8 Å². The molecule has 210 valence electrons. The van der Waals surface area contributed by atoms with Gasteiger partial charge in [0, 0.05) is 16.7 Å². The third-order valence-corrected chi connectivity index (χ3v) is 9.82. The maximum atomic E-state index is 5.46. The van der Waals surface area contributed by atoms with E-state index in [1.165, 1.54) is 38.9 Å². The topological polar surface area (TPSA) is 18.8 Å². The van der Waals surface area contributed by atoms with Gasteiger partial charge in [-0.25, -0.2) is 4.99 Å². The first-order valence-corrected chi connectivity index (χ1v) is 15.3. The molecule has 0 saturated heterocycles. The number of rotatable bonds is 3. The van der Waals surface area contributed by atoms with Gasteiger partial charge >= 0.3 is 0 Å². The van der Waals surface area contributed by atoms with Crippen LogP contribution in [0.15, 0.2) is 157 Å². The lowest BCUT2D eigenvalue weighted by Crippen LogP contribution is -2.54. The number of para-hydroxylation sites is 3. The van der Waals surface area contributed by atoms with Crippen LogP contribution in [0.4, 0.5) is 22.7 Å². The van der Waals surface area contributed by atoms with E-state index in [0.29, 0.717) is 0 Å². The Balaban J connectivity index is 1.34. The van der Waals surface area contributed by atoms with Gasteiger partial charge in [-0.2, -0.15) is 0 Å². The van der Waals surface area contributed by atoms with E-state index in [9.17, 15) is 0 Å². The van der Waals surface area contributed by atoms with Gasteiger partial charge in [-0.15, -0.1) is 0 Å². The summed E-state index contributed by atoms with van der Waals surface area (Å²) in [7, 11) is 0. The van der Waals surface area contributed by atoms with Crippen LogP contribution < -0.4 is 9.80 Å². The number of anilines is 3. The van der Waals surface area contributed by atoms with E-state index < -0.39 is 5.54 Å². The van der Waals surface area contributed by atoms with Gasteiger partial charge in [-0.3, -0.25) is 9.80 Å². The highest BCUT2D eigenvalue weighted by Crippen LogP contribution is 2.57. The number of hydrogen-bond donors (Lipinski definition) is 0. The molecule has 3 heteroatoms. The van der Waals surface area contributed by atoms with E-state index in [1.807, 2.05) is 0 Å². The molecule has 1 aliphatic carbocycles. The molecule has 6 aromatic rings. The van der Waals surface area contributed by atoms with Crippen molar-refractivity contribution in [2.75, 3.05) is 9.80 Å². The lowest BCUT2D eigenvalue weighted by Gasteiger charge is -2.47. The molecule has 0 spiro atoms. The quantitative estimate of drug-likeness (QED) is 0.213. The fourth-order valence-corrected chi connectivity index (χ4v) is 7.87. The van der Waals surface area contributed by atoms with Crippen molar-refractivity contribution in [2.24, 2.45) is 4.99 Å². The second-order valence-electron chi connectivity index (χ2n) is 12.4. The van der Waals surface area contributed by atoms with Crippen molar-refractivity contribution in [3.8, 4) is 11.1 Å². The van der Waals surface area contributed by atoms with Crippen LogP contribution in [0.25, 0.3) is 11.1 Å². The Hall–Kier alpha value is -5.41. The monoisotopic (exact) mass is 565 g/mol. The Kier molecular flexibility index (Phi) is 5.16. The molecule has 2 aliphatic heterocycles. The standard InChI is InChI=1S/C41H31N3/c1-40(2)33-20-10-9-19-31(33)32-26-25-30(27-35(32)40)43-37-23-13-14-24-38(37)44-39(43)42-36-22-12-11-21-34(36)41(44,28-15-5-3-6-16-28)29-17-7-4-8-18-29/h3-27H,1-2H3. The van der Waals surface area contributed by atoms with Crippen LogP contribution in [-0.4, -0.2) is 5.96 Å². The molecular formula is C41H31N3. The van der Waals surface area contributed by atoms with Crippen molar-refractivity contribution in [1.29, 1.82) is 0 Å². The van der Waals surface area contributed by atoms with Crippen LogP contribution in [0.5, 0.6) is 0 Å². The number of hydrogen-bond acceptors (Lipinski definition) is 3. The normalized spacial score (nSPS) is 16.4. The highest BCUT2D eigenvalue weighted by Gasteiger charge is 2.53. The summed E-state index contributed by atoms with van der Waals surface area (Å²) < 4.78 is 0. The molecule has 0 fully saturated rings. The molecule has 0 unspecified atom stereocenters. The lowest BCUT2D eigenvalue weighted by atomic mass is 9.74. The summed E-state index contributed by atoms with van der Waals surface area (Å²) in [6, 6.07) is 55.0. The molecule has 6 aromatic carbocycles. The molecule has 3 nitrogen and oxygen atoms in total. The number of nitrogens with zero attached hydrogens (tertiary/aromatic N) is 3. The van der Waals surface area contributed by atoms with Crippen molar-refractivity contribution < 1.29 is 0 Å². The minimum absolute atomic E-state index is 0.0975. The summed E-state index contributed by atoms with van der Waals surface area (Å²) in [5, 5.41) is 0. The zero-order valence-corrected chi connectivity index (χ0v) is 24.8. The van der Waals surface area contributed by atoms with Crippen LogP contribution >= 0.6 is 0 Å². The van der Waals surface area contributed by atoms with E-state index >= 15 is 0 Å². The van der Waals surface area contributed by atoms with Crippen LogP contribution in [0.1, 0.15) is 41.7 Å². The van der Waals surface area contributed by atoms with Crippen molar-refractivity contribution in [3.05, 3.63) is 179 Å². The van der Waals surface area contributed by atoms with Gasteiger partial charge in [0.25, 0.3) is 0 Å². The molecule has 0 saturated carbocycles. The average Bonchev–Trinajstić information content (AvgIpc) is 3.53. The molecule has 0 N–H and O–H groups in total. The average molecular weight is 566 g/mol. The summed E-state index contributed by atoms with van der Waals surface area (Å²) in [4.78, 5) is 10.3. The molecular weight excluding hydrogens is 534 g/mol. The maximum Gasteiger partial charge on any atom is 0.217 e. The molecule has 44 heavy (non-hydrogen) atoms. The molecule has 9 rings (SSSR count). The molecule has 0 bridgehead atoms. The third kappa shape index (κ3) is 3.19. The third-order valence-electron chi connectivity index (χ3n) is 9.82. The Labute approximate surface area is 258 Å². The molecule has 0 aromatic heterocycles. The predicted molar refractivity (Wildman–Crippen MR) is 181 cm³/mol. The van der Waals surface area contributed by atoms with Gasteiger partial charge in [0.15, 0.2) is 0 Å². The molecule has 0 atom stereocenters. The fraction of sp³-hybridized carbons (Fsp3) is 0.0976. The van der Waals surface area contributed by atoms with Gasteiger partial charge in [-0.05, 0) is 63.7 Å². The zero-order valence-electron chi connectivity index (χ0n) is 24.8. The van der Waals surface area contributed by atoms with Crippen molar-refractivity contribution in [3.63, 3.8) is 0 Å². The largest absolute Gasteiger partial charge is 0.291 e. The number of fused-ring (bicyclic) bond motifs is 7. The molecule has 2 heterocycles. The predicted octanol–water partition coefficient (Wildman–Crippen LogP) is 9.94. The number of aliphatic imine (C=N–C) groups is 1. The first kappa shape index (κ1) is 25.1. The Morgan fingerprint density at radius 2 is 1.07 bits per heavy atom. The molecule has 0 amide bonds. The van der Waals surface area contributed by atoms with Gasteiger partial charge in [0.1, 0.15) is 5.54 Å². The van der Waals surface area contributed by atoms with Gasteiger partial charge in [-0.1, -0.05) is 135 Å². The summed E-state index contributed by atoms with van der Waals surface area (Å²) >= 11 is 0. The first-order chi connectivity index (χ1) is 21.6. The van der Waals surface area contributed by atoms with Crippen LogP contribution in [-0.2, 0) is 11.0 Å². The van der Waals surface area contributed by atoms with Crippen molar-refractivity contribution >= 4 is 28.7 Å². The Morgan fingerprint density at radius 3 is 1.80 bits per heavy atom. The minimum Gasteiger partial charge on any atom is -0.291 e. The van der Waals surface area contributed by atoms with E-state index in [1.54, 1.807) is 0 Å². The highest BCUT2D eigenvalue weighted by atomic mass is 15.5. The van der Waals surface area contributed by atoms with E-state index in [4.69, 9.17) is 4.99 Å². The Bertz CT molecular complexity index is 2070. The summed E-state index contributed by atoms with van der Waals surface area (Å²) in [6.45, 7) is 4.69. The Morgan fingerprint density at radius 1 is 0.500 bits per heavy atom. The van der Waals surface area contributed by atoms with Gasteiger partial charge < -0.3 is 0 Å². The smallest absolute Gasteiger partial charge is 0.217 e. The van der Waals surface area contributed by atoms with Crippen LogP contribution in [0.3, 0.4) is 0 Å². The van der Waals surface area contributed by atoms with Crippen LogP contribution in [0, 0.1) is 0 Å². The van der Waals surface area contributed by atoms with Crippen molar-refractivity contribution in [1.82, 2.24) is 0 Å². The molecule has 3 aliphatic rings. The second-order valence-corrected chi connectivity index (χ2v) is 12.4. The van der Waals surface area contributed by atoms with E-state index in [-0.39, 0.29) is 5.41 Å². The summed E-state index contributed by atoms with van der Waals surface area (Å²) in [6.07, 6.45) is 0. The zero-order chi connectivity index (χ0) is 29.5. The summed E-state index contributed by atoms with van der Waals surface area (Å²) in [5.41, 5.74) is 12.6. The summed E-state index contributed by atoms with van der Waals surface area (Å²) in [5.74, 6) is 0.908. The number of guanidine groups is 1. The van der Waals surface area contributed by atoms with Gasteiger partial charge in [0.05, 0.1) is 17.1 Å².